The Labute approximate surface area is 89.6 Å². The van der Waals surface area contributed by atoms with Gasteiger partial charge in [-0.2, -0.15) is 0 Å². The van der Waals surface area contributed by atoms with Gasteiger partial charge in [0, 0.05) is 13.2 Å². The van der Waals surface area contributed by atoms with Gasteiger partial charge in [-0.3, -0.25) is 4.79 Å². The number of hydrogen-bond acceptors (Lipinski definition) is 3. The van der Waals surface area contributed by atoms with E-state index in [-0.39, 0.29) is 23.7 Å². The summed E-state index contributed by atoms with van der Waals surface area (Å²) in [5, 5.41) is 11.8. The Morgan fingerprint density at radius 3 is 3.00 bits per heavy atom. The number of amides is 1. The standard InChI is InChI=1S/C10H19NO2S/c1-8(7-12)6-11-10(13)9-4-2-3-5-14-9/h8-9,12H,2-7H2,1H3,(H,11,13). The van der Waals surface area contributed by atoms with Gasteiger partial charge in [-0.05, 0) is 24.5 Å². The fourth-order valence-electron chi connectivity index (χ4n) is 1.40. The summed E-state index contributed by atoms with van der Waals surface area (Å²) in [6, 6.07) is 0. The second-order valence-electron chi connectivity index (χ2n) is 3.89. The number of carbonyl (C=O) groups is 1. The molecule has 1 amide bonds. The first kappa shape index (κ1) is 11.9. The summed E-state index contributed by atoms with van der Waals surface area (Å²) in [7, 11) is 0. The van der Waals surface area contributed by atoms with Gasteiger partial charge >= 0.3 is 0 Å². The van der Waals surface area contributed by atoms with Crippen LogP contribution in [-0.2, 0) is 4.79 Å². The Kier molecular flexibility index (Phi) is 5.33. The molecule has 0 aromatic carbocycles. The molecule has 0 saturated carbocycles. The van der Waals surface area contributed by atoms with Gasteiger partial charge in [-0.25, -0.2) is 0 Å². The maximum absolute atomic E-state index is 11.6. The van der Waals surface area contributed by atoms with Crippen molar-refractivity contribution in [2.75, 3.05) is 18.9 Å². The summed E-state index contributed by atoms with van der Waals surface area (Å²) >= 11 is 1.76. The van der Waals surface area contributed by atoms with Crippen LogP contribution in [0.15, 0.2) is 0 Å². The maximum Gasteiger partial charge on any atom is 0.233 e. The number of aliphatic hydroxyl groups is 1. The number of thioether (sulfide) groups is 1. The van der Waals surface area contributed by atoms with E-state index in [1.54, 1.807) is 11.8 Å². The number of carbonyl (C=O) groups excluding carboxylic acids is 1. The van der Waals surface area contributed by atoms with Crippen molar-refractivity contribution in [3.05, 3.63) is 0 Å². The van der Waals surface area contributed by atoms with Gasteiger partial charge in [0.05, 0.1) is 5.25 Å². The van der Waals surface area contributed by atoms with Gasteiger partial charge in [-0.15, -0.1) is 11.8 Å². The van der Waals surface area contributed by atoms with Crippen molar-refractivity contribution in [3.63, 3.8) is 0 Å². The van der Waals surface area contributed by atoms with Gasteiger partial charge < -0.3 is 10.4 Å². The lowest BCUT2D eigenvalue weighted by molar-refractivity contribution is -0.120. The average molecular weight is 217 g/mol. The van der Waals surface area contributed by atoms with Crippen LogP contribution in [-0.4, -0.2) is 35.2 Å². The van der Waals surface area contributed by atoms with Crippen molar-refractivity contribution in [2.45, 2.75) is 31.4 Å². The van der Waals surface area contributed by atoms with E-state index in [1.165, 1.54) is 12.8 Å². The highest BCUT2D eigenvalue weighted by atomic mass is 32.2. The lowest BCUT2D eigenvalue weighted by Gasteiger charge is -2.21. The van der Waals surface area contributed by atoms with Crippen LogP contribution in [0.5, 0.6) is 0 Å². The molecule has 0 aliphatic carbocycles. The zero-order valence-corrected chi connectivity index (χ0v) is 9.48. The molecule has 0 aromatic rings. The molecule has 4 heteroatoms. The molecule has 2 N–H and O–H groups in total. The van der Waals surface area contributed by atoms with Crippen molar-refractivity contribution in [1.82, 2.24) is 5.32 Å². The van der Waals surface area contributed by atoms with Crippen LogP contribution in [0.25, 0.3) is 0 Å². The third-order valence-electron chi connectivity index (χ3n) is 2.41. The van der Waals surface area contributed by atoms with Crippen molar-refractivity contribution in [2.24, 2.45) is 5.92 Å². The smallest absolute Gasteiger partial charge is 0.233 e. The number of hydrogen-bond donors (Lipinski definition) is 2. The fraction of sp³-hybridized carbons (Fsp3) is 0.900. The highest BCUT2D eigenvalue weighted by Crippen LogP contribution is 2.24. The average Bonchev–Trinajstić information content (AvgIpc) is 2.26. The summed E-state index contributed by atoms with van der Waals surface area (Å²) in [5.74, 6) is 1.41. The van der Waals surface area contributed by atoms with Crippen LogP contribution in [0.1, 0.15) is 26.2 Å². The van der Waals surface area contributed by atoms with Gasteiger partial charge in [0.1, 0.15) is 0 Å². The predicted octanol–water partition coefficient (Wildman–Crippen LogP) is 1.02. The molecule has 3 nitrogen and oxygen atoms in total. The molecule has 0 aromatic heterocycles. The normalized spacial score (nSPS) is 24.3. The molecule has 1 aliphatic rings. The minimum absolute atomic E-state index is 0.137. The molecule has 14 heavy (non-hydrogen) atoms. The molecule has 1 fully saturated rings. The van der Waals surface area contributed by atoms with Crippen molar-refractivity contribution in [1.29, 1.82) is 0 Å². The lowest BCUT2D eigenvalue weighted by atomic mass is 10.1. The third-order valence-corrected chi connectivity index (χ3v) is 3.79. The third kappa shape index (κ3) is 3.88. The quantitative estimate of drug-likeness (QED) is 0.739. The van der Waals surface area contributed by atoms with Crippen LogP contribution in [0, 0.1) is 5.92 Å². The van der Waals surface area contributed by atoms with Crippen LogP contribution >= 0.6 is 11.8 Å². The van der Waals surface area contributed by atoms with Gasteiger partial charge in [-0.1, -0.05) is 13.3 Å². The summed E-state index contributed by atoms with van der Waals surface area (Å²) in [6.45, 7) is 2.65. The molecular weight excluding hydrogens is 198 g/mol. The number of aliphatic hydroxyl groups excluding tert-OH is 1. The van der Waals surface area contributed by atoms with Crippen molar-refractivity contribution in [3.8, 4) is 0 Å². The van der Waals surface area contributed by atoms with Crippen LogP contribution in [0.3, 0.4) is 0 Å². The molecule has 0 radical (unpaired) electrons. The summed E-state index contributed by atoms with van der Waals surface area (Å²) in [4.78, 5) is 11.6. The van der Waals surface area contributed by atoms with E-state index >= 15 is 0 Å². The molecule has 0 bridgehead atoms. The first-order valence-corrected chi connectivity index (χ1v) is 6.29. The first-order chi connectivity index (χ1) is 6.74. The SMILES string of the molecule is CC(CO)CNC(=O)C1CCCCS1. The molecule has 82 valence electrons. The molecule has 2 unspecified atom stereocenters. The minimum Gasteiger partial charge on any atom is -0.396 e. The summed E-state index contributed by atoms with van der Waals surface area (Å²) < 4.78 is 0. The van der Waals surface area contributed by atoms with Gasteiger partial charge in [0.2, 0.25) is 5.91 Å². The van der Waals surface area contributed by atoms with Crippen molar-refractivity contribution < 1.29 is 9.90 Å². The Morgan fingerprint density at radius 1 is 1.64 bits per heavy atom. The topological polar surface area (TPSA) is 49.3 Å². The van der Waals surface area contributed by atoms with E-state index in [0.29, 0.717) is 6.54 Å². The number of rotatable bonds is 4. The molecule has 1 saturated heterocycles. The zero-order chi connectivity index (χ0) is 10.4. The fourth-order valence-corrected chi connectivity index (χ4v) is 2.62. The van der Waals surface area contributed by atoms with Crippen LogP contribution in [0.2, 0.25) is 0 Å². The lowest BCUT2D eigenvalue weighted by Crippen LogP contribution is -2.37. The molecule has 1 heterocycles. The highest BCUT2D eigenvalue weighted by Gasteiger charge is 2.21. The first-order valence-electron chi connectivity index (χ1n) is 5.24. The van der Waals surface area contributed by atoms with E-state index in [1.807, 2.05) is 6.92 Å². The molecule has 1 rings (SSSR count). The minimum atomic E-state index is 0.137. The van der Waals surface area contributed by atoms with Gasteiger partial charge in [0.25, 0.3) is 0 Å². The predicted molar refractivity (Wildman–Crippen MR) is 59.4 cm³/mol. The molecule has 1 aliphatic heterocycles. The van der Waals surface area contributed by atoms with E-state index in [0.717, 1.165) is 12.2 Å². The monoisotopic (exact) mass is 217 g/mol. The zero-order valence-electron chi connectivity index (χ0n) is 8.66. The second-order valence-corrected chi connectivity index (χ2v) is 5.20. The van der Waals surface area contributed by atoms with Gasteiger partial charge in [0.15, 0.2) is 0 Å². The summed E-state index contributed by atoms with van der Waals surface area (Å²) in [6.07, 6.45) is 3.41. The Bertz CT molecular complexity index is 181. The second kappa shape index (κ2) is 6.30. The summed E-state index contributed by atoms with van der Waals surface area (Å²) in [5.41, 5.74) is 0. The van der Waals surface area contributed by atoms with Crippen LogP contribution < -0.4 is 5.32 Å². The van der Waals surface area contributed by atoms with Crippen molar-refractivity contribution >= 4 is 17.7 Å². The molecule has 2 atom stereocenters. The van der Waals surface area contributed by atoms with E-state index in [2.05, 4.69) is 5.32 Å². The Balaban J connectivity index is 2.19. The largest absolute Gasteiger partial charge is 0.396 e. The maximum atomic E-state index is 11.6. The Hall–Kier alpha value is -0.220. The molecular formula is C10H19NO2S. The van der Waals surface area contributed by atoms with Crippen LogP contribution in [0.4, 0.5) is 0 Å². The Morgan fingerprint density at radius 2 is 2.43 bits per heavy atom. The molecule has 0 spiro atoms. The van der Waals surface area contributed by atoms with E-state index in [4.69, 9.17) is 5.11 Å². The van der Waals surface area contributed by atoms with E-state index < -0.39 is 0 Å². The van der Waals surface area contributed by atoms with E-state index in [9.17, 15) is 4.79 Å². The highest BCUT2D eigenvalue weighted by molar-refractivity contribution is 8.00. The number of nitrogens with one attached hydrogen (secondary N) is 1.